The summed E-state index contributed by atoms with van der Waals surface area (Å²) in [6, 6.07) is 14.0. The SMILES string of the molecule is C[C@H](NS(=O)(=O)/C=C/c1ccccc1)C(=O)NCCc1ccc(S(N)(=O)=O)cc1. The van der Waals surface area contributed by atoms with Crippen LogP contribution >= 0.6 is 0 Å². The number of benzene rings is 2. The molecule has 1 atom stereocenters. The molecule has 0 aliphatic heterocycles. The van der Waals surface area contributed by atoms with Crippen LogP contribution in [-0.4, -0.2) is 35.3 Å². The number of hydrogen-bond donors (Lipinski definition) is 3. The Morgan fingerprint density at radius 2 is 1.66 bits per heavy atom. The molecule has 2 rings (SSSR count). The molecule has 0 aromatic heterocycles. The molecule has 156 valence electrons. The van der Waals surface area contributed by atoms with Gasteiger partial charge in [0.2, 0.25) is 26.0 Å². The number of sulfonamides is 2. The molecule has 0 radical (unpaired) electrons. The van der Waals surface area contributed by atoms with Crippen LogP contribution < -0.4 is 15.2 Å². The third kappa shape index (κ3) is 7.78. The average Bonchev–Trinajstić information content (AvgIpc) is 2.66. The van der Waals surface area contributed by atoms with Crippen molar-refractivity contribution in [1.82, 2.24) is 10.0 Å². The van der Waals surface area contributed by atoms with Crippen molar-refractivity contribution in [3.63, 3.8) is 0 Å². The van der Waals surface area contributed by atoms with E-state index in [4.69, 9.17) is 5.14 Å². The Bertz CT molecular complexity index is 1060. The number of primary sulfonamides is 1. The van der Waals surface area contributed by atoms with Gasteiger partial charge in [0, 0.05) is 12.0 Å². The van der Waals surface area contributed by atoms with Crippen molar-refractivity contribution >= 4 is 32.0 Å². The zero-order valence-corrected chi connectivity index (χ0v) is 17.4. The summed E-state index contributed by atoms with van der Waals surface area (Å²) in [7, 11) is -7.53. The molecule has 29 heavy (non-hydrogen) atoms. The van der Waals surface area contributed by atoms with Crippen molar-refractivity contribution in [3.8, 4) is 0 Å². The first-order valence-corrected chi connectivity index (χ1v) is 11.8. The molecule has 0 spiro atoms. The van der Waals surface area contributed by atoms with Crippen LogP contribution in [0.25, 0.3) is 6.08 Å². The molecule has 0 bridgehead atoms. The van der Waals surface area contributed by atoms with Gasteiger partial charge in [0.1, 0.15) is 0 Å². The van der Waals surface area contributed by atoms with Crippen LogP contribution in [0.5, 0.6) is 0 Å². The Morgan fingerprint density at radius 1 is 1.03 bits per heavy atom. The van der Waals surface area contributed by atoms with Crippen LogP contribution in [0.4, 0.5) is 0 Å². The summed E-state index contributed by atoms with van der Waals surface area (Å²) in [4.78, 5) is 12.1. The second kappa shape index (κ2) is 9.79. The summed E-state index contributed by atoms with van der Waals surface area (Å²) in [6.07, 6.45) is 1.89. The van der Waals surface area contributed by atoms with E-state index < -0.39 is 32.0 Å². The van der Waals surface area contributed by atoms with E-state index in [2.05, 4.69) is 10.0 Å². The number of carbonyl (C=O) groups is 1. The summed E-state index contributed by atoms with van der Waals surface area (Å²) in [6.45, 7) is 1.71. The van der Waals surface area contributed by atoms with Crippen LogP contribution in [0.1, 0.15) is 18.1 Å². The maximum absolute atomic E-state index is 12.1. The van der Waals surface area contributed by atoms with Crippen LogP contribution in [-0.2, 0) is 31.3 Å². The molecule has 4 N–H and O–H groups in total. The lowest BCUT2D eigenvalue weighted by Gasteiger charge is -2.13. The Labute approximate surface area is 170 Å². The molecule has 2 aromatic carbocycles. The summed E-state index contributed by atoms with van der Waals surface area (Å²) < 4.78 is 48.9. The van der Waals surface area contributed by atoms with Gasteiger partial charge in [0.15, 0.2) is 0 Å². The Kier molecular flexibility index (Phi) is 7.68. The van der Waals surface area contributed by atoms with Gasteiger partial charge in [-0.25, -0.2) is 22.0 Å². The van der Waals surface area contributed by atoms with Gasteiger partial charge in [0.25, 0.3) is 0 Å². The number of carbonyl (C=O) groups excluding carboxylic acids is 1. The van der Waals surface area contributed by atoms with E-state index in [0.717, 1.165) is 16.5 Å². The van der Waals surface area contributed by atoms with Gasteiger partial charge in [0.05, 0.1) is 10.9 Å². The largest absolute Gasteiger partial charge is 0.354 e. The van der Waals surface area contributed by atoms with E-state index in [1.165, 1.54) is 25.1 Å². The van der Waals surface area contributed by atoms with Gasteiger partial charge >= 0.3 is 0 Å². The van der Waals surface area contributed by atoms with Crippen LogP contribution in [0, 0.1) is 0 Å². The predicted molar refractivity (Wildman–Crippen MR) is 112 cm³/mol. The summed E-state index contributed by atoms with van der Waals surface area (Å²) in [5, 5.41) is 8.69. The van der Waals surface area contributed by atoms with E-state index in [1.54, 1.807) is 36.4 Å². The van der Waals surface area contributed by atoms with Crippen molar-refractivity contribution < 1.29 is 21.6 Å². The fourth-order valence-electron chi connectivity index (χ4n) is 2.40. The van der Waals surface area contributed by atoms with Crippen LogP contribution in [0.2, 0.25) is 0 Å². The van der Waals surface area contributed by atoms with Gasteiger partial charge in [-0.3, -0.25) is 4.79 Å². The second-order valence-electron chi connectivity index (χ2n) is 6.33. The fourth-order valence-corrected chi connectivity index (χ4v) is 3.93. The molecule has 0 heterocycles. The predicted octanol–water partition coefficient (Wildman–Crippen LogP) is 0.972. The van der Waals surface area contributed by atoms with Crippen LogP contribution in [0.3, 0.4) is 0 Å². The van der Waals surface area contributed by atoms with Crippen molar-refractivity contribution in [3.05, 3.63) is 71.1 Å². The standard InChI is InChI=1S/C19H23N3O5S2/c1-15(22-28(24,25)14-12-16-5-3-2-4-6-16)19(23)21-13-11-17-7-9-18(10-8-17)29(20,26)27/h2-10,12,14-15,22H,11,13H2,1H3,(H,21,23)(H2,20,26,27)/b14-12+/t15-/m0/s1. The van der Waals surface area contributed by atoms with Gasteiger partial charge < -0.3 is 5.32 Å². The zero-order valence-electron chi connectivity index (χ0n) is 15.8. The average molecular weight is 438 g/mol. The van der Waals surface area contributed by atoms with Crippen molar-refractivity contribution in [2.24, 2.45) is 5.14 Å². The zero-order chi connectivity index (χ0) is 21.5. The van der Waals surface area contributed by atoms with Crippen molar-refractivity contribution in [2.45, 2.75) is 24.3 Å². The minimum Gasteiger partial charge on any atom is -0.354 e. The minimum atomic E-state index is -3.78. The number of hydrogen-bond acceptors (Lipinski definition) is 5. The van der Waals surface area contributed by atoms with E-state index in [-0.39, 0.29) is 11.4 Å². The molecule has 0 aliphatic rings. The molecule has 10 heteroatoms. The number of nitrogens with one attached hydrogen (secondary N) is 2. The summed E-state index contributed by atoms with van der Waals surface area (Å²) in [5.41, 5.74) is 1.53. The molecule has 0 unspecified atom stereocenters. The van der Waals surface area contributed by atoms with Gasteiger partial charge in [-0.05, 0) is 42.7 Å². The molecule has 1 amide bonds. The van der Waals surface area contributed by atoms with Crippen LogP contribution in [0.15, 0.2) is 64.9 Å². The summed E-state index contributed by atoms with van der Waals surface area (Å²) in [5.74, 6) is -0.470. The van der Waals surface area contributed by atoms with Crippen molar-refractivity contribution in [2.75, 3.05) is 6.54 Å². The third-order valence-electron chi connectivity index (χ3n) is 3.94. The van der Waals surface area contributed by atoms with E-state index in [9.17, 15) is 21.6 Å². The first-order chi connectivity index (χ1) is 13.6. The monoisotopic (exact) mass is 437 g/mol. The summed E-state index contributed by atoms with van der Waals surface area (Å²) >= 11 is 0. The number of amides is 1. The third-order valence-corrected chi connectivity index (χ3v) is 6.04. The highest BCUT2D eigenvalue weighted by Crippen LogP contribution is 2.09. The molecule has 0 aliphatic carbocycles. The number of nitrogens with two attached hydrogens (primary N) is 1. The molecule has 2 aromatic rings. The lowest BCUT2D eigenvalue weighted by Crippen LogP contribution is -2.44. The fraction of sp³-hybridized carbons (Fsp3) is 0.211. The van der Waals surface area contributed by atoms with Gasteiger partial charge in [-0.2, -0.15) is 4.72 Å². The first-order valence-electron chi connectivity index (χ1n) is 8.72. The maximum Gasteiger partial charge on any atom is 0.238 e. The Morgan fingerprint density at radius 3 is 2.24 bits per heavy atom. The normalized spacial score (nSPS) is 13.3. The second-order valence-corrected chi connectivity index (χ2v) is 9.49. The number of rotatable bonds is 9. The van der Waals surface area contributed by atoms with E-state index in [0.29, 0.717) is 6.42 Å². The molecular formula is C19H23N3O5S2. The molecule has 0 fully saturated rings. The maximum atomic E-state index is 12.1. The van der Waals surface area contributed by atoms with Gasteiger partial charge in [-0.15, -0.1) is 0 Å². The first kappa shape index (κ1) is 22.8. The van der Waals surface area contributed by atoms with E-state index in [1.807, 2.05) is 6.07 Å². The van der Waals surface area contributed by atoms with Gasteiger partial charge in [-0.1, -0.05) is 42.5 Å². The van der Waals surface area contributed by atoms with Crippen molar-refractivity contribution in [1.29, 1.82) is 0 Å². The molecule has 8 nitrogen and oxygen atoms in total. The van der Waals surface area contributed by atoms with E-state index >= 15 is 0 Å². The molecule has 0 saturated carbocycles. The Hall–Kier alpha value is -2.53. The minimum absolute atomic E-state index is 0.0110. The quantitative estimate of drug-likeness (QED) is 0.537. The topological polar surface area (TPSA) is 135 Å². The lowest BCUT2D eigenvalue weighted by molar-refractivity contribution is -0.122. The molecular weight excluding hydrogens is 414 g/mol. The highest BCUT2D eigenvalue weighted by molar-refractivity contribution is 7.92. The Balaban J connectivity index is 1.83. The molecule has 0 saturated heterocycles. The highest BCUT2D eigenvalue weighted by Gasteiger charge is 2.18. The highest BCUT2D eigenvalue weighted by atomic mass is 32.2. The lowest BCUT2D eigenvalue weighted by atomic mass is 10.1. The smallest absolute Gasteiger partial charge is 0.238 e.